The molecule has 1 aliphatic heterocycles. The van der Waals surface area contributed by atoms with E-state index in [1.165, 1.54) is 0 Å². The summed E-state index contributed by atoms with van der Waals surface area (Å²) in [6, 6.07) is 0. The van der Waals surface area contributed by atoms with Crippen LogP contribution in [0.3, 0.4) is 0 Å². The molecule has 1 fully saturated rings. The predicted molar refractivity (Wildman–Crippen MR) is 68.1 cm³/mol. The third-order valence-electron chi connectivity index (χ3n) is 3.08. The van der Waals surface area contributed by atoms with Gasteiger partial charge in [0.05, 0.1) is 0 Å². The third-order valence-corrected chi connectivity index (χ3v) is 3.08. The van der Waals surface area contributed by atoms with Crippen LogP contribution in [0.4, 0.5) is 0 Å². The van der Waals surface area contributed by atoms with E-state index in [4.69, 9.17) is 4.74 Å². The monoisotopic (exact) mass is 243 g/mol. The molecule has 100 valence electrons. The van der Waals surface area contributed by atoms with Gasteiger partial charge in [0, 0.05) is 53.4 Å². The zero-order valence-electron chi connectivity index (χ0n) is 11.3. The van der Waals surface area contributed by atoms with Gasteiger partial charge in [0.15, 0.2) is 0 Å². The molecule has 0 N–H and O–H groups in total. The lowest BCUT2D eigenvalue weighted by atomic mass is 10.3. The molecule has 0 radical (unpaired) electrons. The molecule has 1 heterocycles. The smallest absolute Gasteiger partial charge is 0.248 e. The van der Waals surface area contributed by atoms with Crippen LogP contribution in [0.15, 0.2) is 0 Å². The summed E-state index contributed by atoms with van der Waals surface area (Å²) in [5.41, 5.74) is 0. The van der Waals surface area contributed by atoms with Crippen LogP contribution >= 0.6 is 0 Å². The van der Waals surface area contributed by atoms with Crippen LogP contribution in [0.25, 0.3) is 0 Å². The second-order valence-corrected chi connectivity index (χ2v) is 4.84. The van der Waals surface area contributed by atoms with Gasteiger partial charge in [-0.15, -0.1) is 0 Å². The van der Waals surface area contributed by atoms with Crippen molar-refractivity contribution in [3.63, 3.8) is 0 Å². The fourth-order valence-electron chi connectivity index (χ4n) is 1.75. The van der Waals surface area contributed by atoms with Gasteiger partial charge in [-0.2, -0.15) is 0 Å². The molecule has 1 amide bonds. The molecule has 1 rings (SSSR count). The van der Waals surface area contributed by atoms with Crippen LogP contribution in [0, 0.1) is 0 Å². The number of hydrogen-bond acceptors (Lipinski definition) is 4. The molecule has 1 aliphatic rings. The van der Waals surface area contributed by atoms with E-state index in [2.05, 4.69) is 16.8 Å². The molecule has 5 heteroatoms. The van der Waals surface area contributed by atoms with Crippen molar-refractivity contribution in [3.8, 4) is 0 Å². The highest BCUT2D eigenvalue weighted by molar-refractivity contribution is 5.76. The van der Waals surface area contributed by atoms with Gasteiger partial charge < -0.3 is 19.4 Å². The highest BCUT2D eigenvalue weighted by atomic mass is 16.5. The van der Waals surface area contributed by atoms with E-state index in [0.717, 1.165) is 39.1 Å². The fourth-order valence-corrected chi connectivity index (χ4v) is 1.75. The van der Waals surface area contributed by atoms with Crippen LogP contribution in [0.5, 0.6) is 0 Å². The first kappa shape index (κ1) is 14.4. The average Bonchev–Trinajstić information content (AvgIpc) is 2.30. The van der Waals surface area contributed by atoms with Crippen LogP contribution < -0.4 is 0 Å². The Hall–Kier alpha value is -0.650. The maximum Gasteiger partial charge on any atom is 0.248 e. The Balaban J connectivity index is 1.96. The van der Waals surface area contributed by atoms with Gasteiger partial charge in [-0.1, -0.05) is 0 Å². The molecule has 5 nitrogen and oxygen atoms in total. The largest absolute Gasteiger partial charge is 0.372 e. The minimum Gasteiger partial charge on any atom is -0.372 e. The second kappa shape index (κ2) is 7.63. The van der Waals surface area contributed by atoms with Gasteiger partial charge in [-0.3, -0.25) is 4.79 Å². The molecular weight excluding hydrogens is 218 g/mol. The number of hydrogen-bond donors (Lipinski definition) is 0. The molecule has 0 aromatic heterocycles. The topological polar surface area (TPSA) is 36.0 Å². The highest BCUT2D eigenvalue weighted by Crippen LogP contribution is 2.00. The zero-order valence-corrected chi connectivity index (χ0v) is 11.3. The summed E-state index contributed by atoms with van der Waals surface area (Å²) in [6.45, 7) is 6.55. The SMILES string of the molecule is CN1CCN(CCCOCC(=O)N(C)C)CC1. The fraction of sp³-hybridized carbons (Fsp3) is 0.917. The molecule has 0 aromatic rings. The minimum atomic E-state index is 0.0320. The Morgan fingerprint density at radius 3 is 2.47 bits per heavy atom. The van der Waals surface area contributed by atoms with Crippen molar-refractivity contribution in [1.29, 1.82) is 0 Å². The summed E-state index contributed by atoms with van der Waals surface area (Å²) in [4.78, 5) is 17.6. The lowest BCUT2D eigenvalue weighted by Crippen LogP contribution is -2.44. The van der Waals surface area contributed by atoms with E-state index in [1.807, 2.05) is 0 Å². The zero-order chi connectivity index (χ0) is 12.7. The molecule has 0 aliphatic carbocycles. The Morgan fingerprint density at radius 1 is 1.24 bits per heavy atom. The molecule has 1 saturated heterocycles. The maximum atomic E-state index is 11.2. The Morgan fingerprint density at radius 2 is 1.88 bits per heavy atom. The summed E-state index contributed by atoms with van der Waals surface area (Å²) in [5, 5.41) is 0. The number of ether oxygens (including phenoxy) is 1. The minimum absolute atomic E-state index is 0.0320. The number of carbonyl (C=O) groups is 1. The van der Waals surface area contributed by atoms with Crippen LogP contribution in [-0.2, 0) is 9.53 Å². The Kier molecular flexibility index (Phi) is 6.47. The Bertz CT molecular complexity index is 226. The van der Waals surface area contributed by atoms with E-state index in [9.17, 15) is 4.79 Å². The third kappa shape index (κ3) is 6.00. The molecular formula is C12H25N3O2. The van der Waals surface area contributed by atoms with E-state index in [-0.39, 0.29) is 12.5 Å². The molecule has 0 aromatic carbocycles. The lowest BCUT2D eigenvalue weighted by molar-refractivity contribution is -0.133. The quantitative estimate of drug-likeness (QED) is 0.602. The maximum absolute atomic E-state index is 11.2. The highest BCUT2D eigenvalue weighted by Gasteiger charge is 2.12. The van der Waals surface area contributed by atoms with Crippen molar-refractivity contribution >= 4 is 5.91 Å². The van der Waals surface area contributed by atoms with Crippen LogP contribution in [0.1, 0.15) is 6.42 Å². The van der Waals surface area contributed by atoms with Crippen LogP contribution in [0.2, 0.25) is 0 Å². The van der Waals surface area contributed by atoms with Crippen molar-refractivity contribution in [2.75, 3.05) is 67.1 Å². The predicted octanol–water partition coefficient (Wildman–Crippen LogP) is -0.271. The number of likely N-dealkylation sites (N-methyl/N-ethyl adjacent to an activating group) is 2. The standard InChI is InChI=1S/C12H25N3O2/c1-13(2)12(16)11-17-10-4-5-15-8-6-14(3)7-9-15/h4-11H2,1-3H3. The lowest BCUT2D eigenvalue weighted by Gasteiger charge is -2.32. The summed E-state index contributed by atoms with van der Waals surface area (Å²) in [5.74, 6) is 0.0320. The summed E-state index contributed by atoms with van der Waals surface area (Å²) in [7, 11) is 5.65. The van der Waals surface area contributed by atoms with Gasteiger partial charge in [0.2, 0.25) is 5.91 Å². The van der Waals surface area contributed by atoms with Crippen molar-refractivity contribution < 1.29 is 9.53 Å². The number of carbonyl (C=O) groups excluding carboxylic acids is 1. The molecule has 0 unspecified atom stereocenters. The Labute approximate surface area is 104 Å². The first-order valence-corrected chi connectivity index (χ1v) is 6.28. The average molecular weight is 243 g/mol. The summed E-state index contributed by atoms with van der Waals surface area (Å²) < 4.78 is 5.34. The van der Waals surface area contributed by atoms with Gasteiger partial charge in [-0.25, -0.2) is 0 Å². The first-order valence-electron chi connectivity index (χ1n) is 6.28. The van der Waals surface area contributed by atoms with Gasteiger partial charge >= 0.3 is 0 Å². The molecule has 0 spiro atoms. The van der Waals surface area contributed by atoms with Gasteiger partial charge in [0.25, 0.3) is 0 Å². The summed E-state index contributed by atoms with van der Waals surface area (Å²) >= 11 is 0. The van der Waals surface area contributed by atoms with Gasteiger partial charge in [0.1, 0.15) is 6.61 Å². The molecule has 0 bridgehead atoms. The van der Waals surface area contributed by atoms with E-state index < -0.39 is 0 Å². The van der Waals surface area contributed by atoms with E-state index >= 15 is 0 Å². The van der Waals surface area contributed by atoms with E-state index in [0.29, 0.717) is 6.61 Å². The normalized spacial score (nSPS) is 18.3. The van der Waals surface area contributed by atoms with Gasteiger partial charge in [-0.05, 0) is 13.5 Å². The number of amides is 1. The van der Waals surface area contributed by atoms with Crippen molar-refractivity contribution in [3.05, 3.63) is 0 Å². The van der Waals surface area contributed by atoms with Crippen molar-refractivity contribution in [1.82, 2.24) is 14.7 Å². The second-order valence-electron chi connectivity index (χ2n) is 4.84. The molecule has 17 heavy (non-hydrogen) atoms. The molecule has 0 atom stereocenters. The number of nitrogens with zero attached hydrogens (tertiary/aromatic N) is 3. The molecule has 0 saturated carbocycles. The van der Waals surface area contributed by atoms with Crippen molar-refractivity contribution in [2.24, 2.45) is 0 Å². The number of piperazine rings is 1. The number of rotatable bonds is 6. The van der Waals surface area contributed by atoms with Crippen molar-refractivity contribution in [2.45, 2.75) is 6.42 Å². The summed E-state index contributed by atoms with van der Waals surface area (Å²) in [6.07, 6.45) is 1.00. The first-order chi connectivity index (χ1) is 8.09. The van der Waals surface area contributed by atoms with Crippen LogP contribution in [-0.4, -0.2) is 87.7 Å². The van der Waals surface area contributed by atoms with E-state index in [1.54, 1.807) is 19.0 Å².